The zero-order valence-electron chi connectivity index (χ0n) is 16.2. The van der Waals surface area contributed by atoms with Gasteiger partial charge in [-0.1, -0.05) is 12.1 Å². The van der Waals surface area contributed by atoms with Crippen molar-refractivity contribution in [2.24, 2.45) is 11.3 Å². The Morgan fingerprint density at radius 1 is 1.32 bits per heavy atom. The number of nitrogens with zero attached hydrogens (tertiary/aromatic N) is 1. The molecular weight excluding hydrogens is 370 g/mol. The maximum absolute atomic E-state index is 13.1. The zero-order chi connectivity index (χ0) is 20.4. The first-order chi connectivity index (χ1) is 13.3. The van der Waals surface area contributed by atoms with Crippen LogP contribution in [0.5, 0.6) is 5.75 Å². The lowest BCUT2D eigenvalue weighted by Crippen LogP contribution is -2.66. The van der Waals surface area contributed by atoms with Crippen LogP contribution in [0.3, 0.4) is 0 Å². The lowest BCUT2D eigenvalue weighted by molar-refractivity contribution is -0.156. The third-order valence-corrected chi connectivity index (χ3v) is 5.39. The highest BCUT2D eigenvalue weighted by Crippen LogP contribution is 2.48. The molecule has 0 radical (unpaired) electrons. The summed E-state index contributed by atoms with van der Waals surface area (Å²) in [5.74, 6) is -3.26. The van der Waals surface area contributed by atoms with Gasteiger partial charge in [-0.2, -0.15) is 0 Å². The average Bonchev–Trinajstić information content (AvgIpc) is 3.27. The van der Waals surface area contributed by atoms with E-state index in [9.17, 15) is 18.4 Å². The number of likely N-dealkylation sites (tertiary alicyclic amines) is 1. The molecule has 2 fully saturated rings. The molecule has 0 aromatic heterocycles. The van der Waals surface area contributed by atoms with Crippen molar-refractivity contribution in [3.63, 3.8) is 0 Å². The van der Waals surface area contributed by atoms with Gasteiger partial charge in [-0.3, -0.25) is 9.59 Å². The number of hydrogen-bond donors (Lipinski definition) is 1. The molecular formula is C20H26F2N2O4. The van der Waals surface area contributed by atoms with Gasteiger partial charge in [0.2, 0.25) is 11.8 Å². The molecule has 3 rings (SSSR count). The molecule has 1 N–H and O–H groups in total. The van der Waals surface area contributed by atoms with Crippen LogP contribution in [0.1, 0.15) is 18.9 Å². The molecule has 1 saturated carbocycles. The molecule has 1 aliphatic carbocycles. The number of rotatable bonds is 9. The van der Waals surface area contributed by atoms with E-state index >= 15 is 0 Å². The molecule has 2 aliphatic rings. The van der Waals surface area contributed by atoms with Crippen molar-refractivity contribution in [3.8, 4) is 5.75 Å². The summed E-state index contributed by atoms with van der Waals surface area (Å²) in [6.07, 6.45) is 0.213. The van der Waals surface area contributed by atoms with Crippen LogP contribution in [-0.4, -0.2) is 62.6 Å². The predicted octanol–water partition coefficient (Wildman–Crippen LogP) is 1.87. The van der Waals surface area contributed by atoms with Crippen molar-refractivity contribution in [3.05, 3.63) is 29.8 Å². The van der Waals surface area contributed by atoms with E-state index in [2.05, 4.69) is 5.32 Å². The van der Waals surface area contributed by atoms with Crippen molar-refractivity contribution in [1.82, 2.24) is 10.2 Å². The first kappa shape index (κ1) is 20.5. The van der Waals surface area contributed by atoms with E-state index in [4.69, 9.17) is 9.47 Å². The second-order valence-electron chi connectivity index (χ2n) is 7.57. The first-order valence-corrected chi connectivity index (χ1v) is 9.44. The molecule has 1 saturated heterocycles. The maximum atomic E-state index is 13.1. The number of benzene rings is 1. The minimum absolute atomic E-state index is 0.0261. The van der Waals surface area contributed by atoms with Gasteiger partial charge in [0.25, 0.3) is 5.92 Å². The van der Waals surface area contributed by atoms with E-state index in [1.165, 1.54) is 0 Å². The number of halogens is 2. The van der Waals surface area contributed by atoms with Crippen LogP contribution in [0.25, 0.3) is 0 Å². The molecule has 2 amide bonds. The normalized spacial score (nSPS) is 21.6. The number of hydrogen-bond acceptors (Lipinski definition) is 4. The second-order valence-corrected chi connectivity index (χ2v) is 7.57. The fraction of sp³-hybridized carbons (Fsp3) is 0.600. The van der Waals surface area contributed by atoms with E-state index in [0.29, 0.717) is 18.8 Å². The quantitative estimate of drug-likeness (QED) is 0.692. The number of carbonyl (C=O) groups excluding carboxylic acids is 2. The van der Waals surface area contributed by atoms with Crippen molar-refractivity contribution in [1.29, 1.82) is 0 Å². The molecule has 1 atom stereocenters. The number of amides is 2. The summed E-state index contributed by atoms with van der Waals surface area (Å²) >= 11 is 0. The molecule has 6 nitrogen and oxygen atoms in total. The van der Waals surface area contributed by atoms with Crippen LogP contribution in [0.2, 0.25) is 0 Å². The fourth-order valence-electron chi connectivity index (χ4n) is 3.54. The van der Waals surface area contributed by atoms with Gasteiger partial charge in [0, 0.05) is 38.6 Å². The number of carbonyl (C=O) groups is 2. The van der Waals surface area contributed by atoms with Gasteiger partial charge < -0.3 is 19.7 Å². The summed E-state index contributed by atoms with van der Waals surface area (Å²) < 4.78 is 36.6. The Bertz CT molecular complexity index is 735. The molecule has 0 bridgehead atoms. The molecule has 1 aliphatic heterocycles. The average molecular weight is 396 g/mol. The van der Waals surface area contributed by atoms with E-state index in [0.717, 1.165) is 5.56 Å². The van der Waals surface area contributed by atoms with Crippen molar-refractivity contribution < 1.29 is 27.8 Å². The van der Waals surface area contributed by atoms with Crippen LogP contribution in [0, 0.1) is 11.3 Å². The van der Waals surface area contributed by atoms with Crippen LogP contribution < -0.4 is 10.1 Å². The highest BCUT2D eigenvalue weighted by molar-refractivity contribution is 5.88. The van der Waals surface area contributed by atoms with Gasteiger partial charge in [-0.25, -0.2) is 8.78 Å². The molecule has 1 aromatic rings. The van der Waals surface area contributed by atoms with Gasteiger partial charge in [-0.15, -0.1) is 0 Å². The molecule has 8 heteroatoms. The highest BCUT2D eigenvalue weighted by atomic mass is 19.3. The summed E-state index contributed by atoms with van der Waals surface area (Å²) in [7, 11) is 1.56. The smallest absolute Gasteiger partial charge is 0.253 e. The lowest BCUT2D eigenvalue weighted by Gasteiger charge is -2.49. The third kappa shape index (κ3) is 4.43. The molecule has 154 valence electrons. The molecule has 1 heterocycles. The van der Waals surface area contributed by atoms with Crippen LogP contribution in [0.15, 0.2) is 24.3 Å². The van der Waals surface area contributed by atoms with Crippen LogP contribution >= 0.6 is 0 Å². The monoisotopic (exact) mass is 396 g/mol. The molecule has 1 unspecified atom stereocenters. The minimum atomic E-state index is -2.67. The van der Waals surface area contributed by atoms with Gasteiger partial charge in [-0.05, 0) is 31.0 Å². The number of nitrogens with one attached hydrogen (secondary N) is 1. The van der Waals surface area contributed by atoms with E-state index < -0.39 is 17.3 Å². The Labute approximate surface area is 163 Å². The van der Waals surface area contributed by atoms with E-state index in [-0.39, 0.29) is 44.5 Å². The van der Waals surface area contributed by atoms with Crippen molar-refractivity contribution in [2.75, 3.05) is 40.0 Å². The molecule has 0 spiro atoms. The Morgan fingerprint density at radius 2 is 2.04 bits per heavy atom. The number of alkyl halides is 2. The predicted molar refractivity (Wildman–Crippen MR) is 98.3 cm³/mol. The SMILES string of the molecule is CCOCC(=O)N1CC(Cc2cccc(OC)c2)(C(=O)NCC2CC2(F)F)C1. The highest BCUT2D eigenvalue weighted by Gasteiger charge is 2.57. The summed E-state index contributed by atoms with van der Waals surface area (Å²) in [5.41, 5.74) is 0.0569. The summed E-state index contributed by atoms with van der Waals surface area (Å²) in [6, 6.07) is 7.37. The Hall–Kier alpha value is -2.22. The van der Waals surface area contributed by atoms with Crippen LogP contribution in [0.4, 0.5) is 8.78 Å². The second kappa shape index (κ2) is 8.03. The van der Waals surface area contributed by atoms with Gasteiger partial charge in [0.15, 0.2) is 0 Å². The summed E-state index contributed by atoms with van der Waals surface area (Å²) in [5, 5.41) is 2.68. The zero-order valence-corrected chi connectivity index (χ0v) is 16.2. The minimum Gasteiger partial charge on any atom is -0.497 e. The number of ether oxygens (including phenoxy) is 2. The number of methoxy groups -OCH3 is 1. The largest absolute Gasteiger partial charge is 0.497 e. The van der Waals surface area contributed by atoms with Gasteiger partial charge in [0.05, 0.1) is 12.5 Å². The first-order valence-electron chi connectivity index (χ1n) is 9.44. The van der Waals surface area contributed by atoms with Crippen LogP contribution in [-0.2, 0) is 20.7 Å². The maximum Gasteiger partial charge on any atom is 0.253 e. The Balaban J connectivity index is 1.67. The van der Waals surface area contributed by atoms with E-state index in [1.54, 1.807) is 18.9 Å². The molecule has 28 heavy (non-hydrogen) atoms. The van der Waals surface area contributed by atoms with E-state index in [1.807, 2.05) is 24.3 Å². The van der Waals surface area contributed by atoms with Gasteiger partial charge in [0.1, 0.15) is 12.4 Å². The topological polar surface area (TPSA) is 67.9 Å². The fourth-order valence-corrected chi connectivity index (χ4v) is 3.54. The van der Waals surface area contributed by atoms with Crippen molar-refractivity contribution >= 4 is 11.8 Å². The lowest BCUT2D eigenvalue weighted by atomic mass is 9.73. The third-order valence-electron chi connectivity index (χ3n) is 5.39. The standard InChI is InChI=1S/C20H26F2N2O4/c1-3-28-11-17(25)24-12-19(13-24,8-14-5-4-6-16(7-14)27-2)18(26)23-10-15-9-20(15,21)22/h4-7,15H,3,8-13H2,1-2H3,(H,23,26). The Morgan fingerprint density at radius 3 is 2.64 bits per heavy atom. The summed E-state index contributed by atoms with van der Waals surface area (Å²) in [6.45, 7) is 2.65. The van der Waals surface area contributed by atoms with Gasteiger partial charge >= 0.3 is 0 Å². The summed E-state index contributed by atoms with van der Waals surface area (Å²) in [4.78, 5) is 26.6. The van der Waals surface area contributed by atoms with Crippen molar-refractivity contribution in [2.45, 2.75) is 25.7 Å². The Kier molecular flexibility index (Phi) is 5.88. The molecule has 1 aromatic carbocycles.